The lowest BCUT2D eigenvalue weighted by molar-refractivity contribution is -0.890. The van der Waals surface area contributed by atoms with Crippen LogP contribution in [0.3, 0.4) is 0 Å². The van der Waals surface area contributed by atoms with E-state index in [0.29, 0.717) is 13.2 Å². The predicted octanol–water partition coefficient (Wildman–Crippen LogP) is 8.63. The van der Waals surface area contributed by atoms with Crippen molar-refractivity contribution in [3.63, 3.8) is 0 Å². The number of rotatable bonds is 34. The van der Waals surface area contributed by atoms with E-state index in [2.05, 4.69) is 42.0 Å². The third kappa shape index (κ3) is 51.9. The molecule has 0 aliphatic heterocycles. The third-order valence-corrected chi connectivity index (χ3v) is 9.64. The Morgan fingerprint density at radius 1 is 0.375 bits per heavy atom. The van der Waals surface area contributed by atoms with E-state index in [1.165, 1.54) is 193 Å². The van der Waals surface area contributed by atoms with Crippen LogP contribution < -0.4 is 10.2 Å². The van der Waals surface area contributed by atoms with Crippen molar-refractivity contribution in [1.82, 2.24) is 0 Å². The molecule has 292 valence electrons. The van der Waals surface area contributed by atoms with Gasteiger partial charge in [0, 0.05) is 0 Å². The largest absolute Gasteiger partial charge is 0.652 e. The molecule has 0 heterocycles. The summed E-state index contributed by atoms with van der Waals surface area (Å²) in [5.74, 6) is 0. The highest BCUT2D eigenvalue weighted by molar-refractivity contribution is 5.47. The van der Waals surface area contributed by atoms with Crippen LogP contribution in [0.15, 0.2) is 0 Å². The molecule has 0 aromatic rings. The summed E-state index contributed by atoms with van der Waals surface area (Å²) in [5.41, 5.74) is 0. The van der Waals surface area contributed by atoms with Gasteiger partial charge >= 0.3 is 0 Å². The van der Waals surface area contributed by atoms with Crippen LogP contribution in [0.5, 0.6) is 0 Å². The van der Waals surface area contributed by atoms with Crippen molar-refractivity contribution in [2.45, 2.75) is 194 Å². The summed E-state index contributed by atoms with van der Waals surface area (Å²) >= 11 is 0. The van der Waals surface area contributed by atoms with Crippen molar-refractivity contribution >= 4 is 6.16 Å². The molecule has 0 fully saturated rings. The van der Waals surface area contributed by atoms with Gasteiger partial charge in [-0.2, -0.15) is 0 Å². The zero-order valence-corrected chi connectivity index (χ0v) is 33.6. The van der Waals surface area contributed by atoms with E-state index in [-0.39, 0.29) is 0 Å². The van der Waals surface area contributed by atoms with Gasteiger partial charge in [0.2, 0.25) is 0 Å². The van der Waals surface area contributed by atoms with Crippen molar-refractivity contribution in [2.24, 2.45) is 0 Å². The monoisotopic (exact) mass is 689 g/mol. The van der Waals surface area contributed by atoms with Crippen LogP contribution in [0.25, 0.3) is 0 Å². The molecule has 0 aromatic carbocycles. The van der Waals surface area contributed by atoms with E-state index in [9.17, 15) is 0 Å². The number of hydrogen-bond donors (Lipinski definition) is 2. The number of hydrogen-bond acceptors (Lipinski definition) is 5. The lowest BCUT2D eigenvalue weighted by Gasteiger charge is -2.28. The molecule has 0 bridgehead atoms. The van der Waals surface area contributed by atoms with Gasteiger partial charge in [0.25, 0.3) is 0 Å². The molecule has 0 rings (SSSR count). The summed E-state index contributed by atoms with van der Waals surface area (Å²) in [6.07, 6.45) is 37.5. The molecule has 48 heavy (non-hydrogen) atoms. The normalized spacial score (nSPS) is 11.5. The average Bonchev–Trinajstić information content (AvgIpc) is 3.01. The Morgan fingerprint density at radius 3 is 0.708 bits per heavy atom. The zero-order chi connectivity index (χ0) is 36.6. The molecule has 7 heteroatoms. The minimum atomic E-state index is -2.33. The molecular weight excluding hydrogens is 600 g/mol. The van der Waals surface area contributed by atoms with Crippen LogP contribution in [0, 0.1) is 0 Å². The smallest absolute Gasteiger partial charge is 0.102 e. The van der Waals surface area contributed by atoms with Gasteiger partial charge < -0.3 is 34.2 Å². The Kier molecular flexibility index (Phi) is 43.5. The fourth-order valence-electron chi connectivity index (χ4n) is 6.23. The summed E-state index contributed by atoms with van der Waals surface area (Å²) in [6.45, 7) is 9.38. The topological polar surface area (TPSA) is 104 Å². The van der Waals surface area contributed by atoms with Gasteiger partial charge in [0.15, 0.2) is 0 Å². The van der Waals surface area contributed by atoms with E-state index in [1.54, 1.807) is 0 Å². The first-order chi connectivity index (χ1) is 23.0. The highest BCUT2D eigenvalue weighted by Crippen LogP contribution is 2.15. The predicted molar refractivity (Wildman–Crippen MR) is 204 cm³/mol. The molecule has 0 aromatic heterocycles. The van der Waals surface area contributed by atoms with Gasteiger partial charge in [0.1, 0.15) is 13.1 Å². The lowest BCUT2D eigenvalue weighted by atomic mass is 10.0. The second kappa shape index (κ2) is 40.5. The number of quaternary nitrogens is 2. The third-order valence-electron chi connectivity index (χ3n) is 9.64. The first-order valence-electron chi connectivity index (χ1n) is 20.7. The van der Waals surface area contributed by atoms with Crippen molar-refractivity contribution in [2.75, 3.05) is 67.6 Å². The number of carbonyl (C=O) groups excluding carboxylic acids is 1. The summed E-state index contributed by atoms with van der Waals surface area (Å²) in [4.78, 5) is 8.33. The van der Waals surface area contributed by atoms with Crippen LogP contribution in [-0.2, 0) is 0 Å². The number of aliphatic hydroxyl groups excluding tert-OH is 2. The molecule has 2 N–H and O–H groups in total. The average molecular weight is 689 g/mol. The van der Waals surface area contributed by atoms with E-state index in [1.807, 2.05) is 0 Å². The Bertz CT molecular complexity index is 566. The first-order valence-corrected chi connectivity index (χ1v) is 20.7. The molecule has 0 unspecified atom stereocenters. The van der Waals surface area contributed by atoms with Gasteiger partial charge in [-0.15, -0.1) is 0 Å². The van der Waals surface area contributed by atoms with Crippen LogP contribution >= 0.6 is 0 Å². The molecule has 0 saturated heterocycles. The number of nitrogens with zero attached hydrogens (tertiary/aromatic N) is 2. The molecule has 0 amide bonds. The molecule has 0 atom stereocenters. The van der Waals surface area contributed by atoms with Crippen LogP contribution in [-0.4, -0.2) is 92.9 Å². The number of aliphatic hydroxyl groups is 2. The van der Waals surface area contributed by atoms with Gasteiger partial charge in [0.05, 0.1) is 54.5 Å². The summed E-state index contributed by atoms with van der Waals surface area (Å²) in [7, 11) is 8.88. The fraction of sp³-hybridized carbons (Fsp3) is 0.976. The number of carboxylic acid groups (broad SMARTS) is 2. The Hall–Kier alpha value is -0.890. The maximum atomic E-state index is 9.00. The standard InChI is InChI=1S/2C20H44NO.CH2O3/c2*1-4-5-6-7-8-9-10-11-12-13-14-15-16-17-18-21(2,3)19-20-22;2-1(3)4/h2*22H,4-20H2,1-3H3;(H2,2,3,4)/q2*+1;/p-2. The van der Waals surface area contributed by atoms with Gasteiger partial charge in [-0.3, -0.25) is 0 Å². The molecular formula is C41H88N2O5. The molecule has 0 radical (unpaired) electrons. The van der Waals surface area contributed by atoms with E-state index in [0.717, 1.165) is 22.1 Å². The van der Waals surface area contributed by atoms with Crippen molar-refractivity contribution < 1.29 is 34.2 Å². The van der Waals surface area contributed by atoms with E-state index in [4.69, 9.17) is 25.2 Å². The highest BCUT2D eigenvalue weighted by atomic mass is 16.6. The van der Waals surface area contributed by atoms with Crippen LogP contribution in [0.1, 0.15) is 194 Å². The minimum Gasteiger partial charge on any atom is -0.652 e. The van der Waals surface area contributed by atoms with E-state index >= 15 is 0 Å². The molecule has 0 saturated carbocycles. The fourth-order valence-corrected chi connectivity index (χ4v) is 6.23. The molecule has 0 spiro atoms. The van der Waals surface area contributed by atoms with Crippen molar-refractivity contribution in [1.29, 1.82) is 0 Å². The maximum Gasteiger partial charge on any atom is 0.102 e. The van der Waals surface area contributed by atoms with Crippen LogP contribution in [0.4, 0.5) is 4.79 Å². The van der Waals surface area contributed by atoms with E-state index < -0.39 is 6.16 Å². The number of carbonyl (C=O) groups is 1. The SMILES string of the molecule is CCCCCCCCCCCCCCCC[N+](C)(C)CCO.CCCCCCCCCCCCCCCC[N+](C)(C)CCO.O=C([O-])[O-]. The van der Waals surface area contributed by atoms with Gasteiger partial charge in [-0.1, -0.05) is 168 Å². The summed E-state index contributed by atoms with van der Waals surface area (Å²) in [6, 6.07) is 0. The lowest BCUT2D eigenvalue weighted by Crippen LogP contribution is -2.42. The second-order valence-corrected chi connectivity index (χ2v) is 15.7. The molecule has 0 aliphatic rings. The Morgan fingerprint density at radius 2 is 0.542 bits per heavy atom. The number of likely N-dealkylation sites (N-methyl/N-ethyl adjacent to an activating group) is 2. The van der Waals surface area contributed by atoms with Crippen molar-refractivity contribution in [3.8, 4) is 0 Å². The quantitative estimate of drug-likeness (QED) is 0.0521. The van der Waals surface area contributed by atoms with Crippen LogP contribution in [0.2, 0.25) is 0 Å². The first kappa shape index (κ1) is 51.5. The van der Waals surface area contributed by atoms with Crippen molar-refractivity contribution in [3.05, 3.63) is 0 Å². The minimum absolute atomic E-state index is 0.311. The Labute approximate surface area is 301 Å². The second-order valence-electron chi connectivity index (χ2n) is 15.7. The summed E-state index contributed by atoms with van der Waals surface area (Å²) in [5, 5.41) is 34.7. The molecule has 0 aliphatic carbocycles. The maximum absolute atomic E-state index is 9.00. The molecule has 7 nitrogen and oxygen atoms in total. The number of unbranched alkanes of at least 4 members (excludes halogenated alkanes) is 26. The van der Waals surface area contributed by atoms with Gasteiger partial charge in [-0.05, 0) is 31.8 Å². The Balaban J connectivity index is -0.000000758. The zero-order valence-electron chi connectivity index (χ0n) is 33.6. The highest BCUT2D eigenvalue weighted by Gasteiger charge is 2.13. The summed E-state index contributed by atoms with van der Waals surface area (Å²) < 4.78 is 1.93. The van der Waals surface area contributed by atoms with Gasteiger partial charge in [-0.25, -0.2) is 0 Å².